The molecule has 0 spiro atoms. The molecule has 4 nitrogen and oxygen atoms in total. The molecule has 0 aromatic carbocycles. The largest absolute Gasteiger partial charge is 0.449 e. The van der Waals surface area contributed by atoms with E-state index in [4.69, 9.17) is 4.74 Å². The Morgan fingerprint density at radius 2 is 1.81 bits per heavy atom. The normalized spacial score (nSPS) is 28.3. The second kappa shape index (κ2) is 5.18. The molecule has 0 aromatic rings. The van der Waals surface area contributed by atoms with Gasteiger partial charge < -0.3 is 9.64 Å². The molecule has 0 aromatic heterocycles. The molecule has 1 amide bonds. The summed E-state index contributed by atoms with van der Waals surface area (Å²) < 4.78 is 42.0. The van der Waals surface area contributed by atoms with Crippen LogP contribution in [0.15, 0.2) is 0 Å². The van der Waals surface area contributed by atoms with E-state index in [0.717, 1.165) is 6.42 Å². The van der Waals surface area contributed by atoms with Gasteiger partial charge in [0, 0.05) is 18.5 Å². The number of hydrogen-bond donors (Lipinski definition) is 0. The number of rotatable bonds is 3. The third-order valence-corrected chi connectivity index (χ3v) is 3.84. The highest BCUT2D eigenvalue weighted by Gasteiger charge is 2.55. The van der Waals surface area contributed by atoms with Crippen LogP contribution in [0.25, 0.3) is 0 Å². The fraction of sp³-hybridized carbons (Fsp3) is 0.857. The molecule has 120 valence electrons. The zero-order valence-corrected chi connectivity index (χ0v) is 12.4. The Bertz CT molecular complexity index is 442. The van der Waals surface area contributed by atoms with E-state index in [1.54, 1.807) is 25.7 Å². The van der Waals surface area contributed by atoms with Gasteiger partial charge in [0.05, 0.1) is 0 Å². The summed E-state index contributed by atoms with van der Waals surface area (Å²) >= 11 is 0. The highest BCUT2D eigenvalue weighted by atomic mass is 19.4. The quantitative estimate of drug-likeness (QED) is 0.803. The van der Waals surface area contributed by atoms with Crippen LogP contribution in [0.4, 0.5) is 18.0 Å². The highest BCUT2D eigenvalue weighted by molar-refractivity contribution is 5.84. The van der Waals surface area contributed by atoms with Crippen LogP contribution in [0, 0.1) is 5.92 Å². The van der Waals surface area contributed by atoms with E-state index in [9.17, 15) is 22.8 Å². The zero-order valence-electron chi connectivity index (χ0n) is 12.4. The molecule has 0 bridgehead atoms. The van der Waals surface area contributed by atoms with Gasteiger partial charge in [-0.1, -0.05) is 0 Å². The van der Waals surface area contributed by atoms with Crippen LogP contribution in [0.3, 0.4) is 0 Å². The predicted octanol–water partition coefficient (Wildman–Crippen LogP) is 3.30. The molecule has 21 heavy (non-hydrogen) atoms. The summed E-state index contributed by atoms with van der Waals surface area (Å²) in [6.45, 7) is 5.23. The lowest BCUT2D eigenvalue weighted by atomic mass is 10.0. The number of amides is 1. The third kappa shape index (κ3) is 3.89. The van der Waals surface area contributed by atoms with Gasteiger partial charge in [0.25, 0.3) is 0 Å². The molecule has 1 heterocycles. The van der Waals surface area contributed by atoms with Gasteiger partial charge in [0.2, 0.25) is 5.78 Å². The van der Waals surface area contributed by atoms with Gasteiger partial charge >= 0.3 is 12.3 Å². The Morgan fingerprint density at radius 3 is 2.33 bits per heavy atom. The first-order valence-electron chi connectivity index (χ1n) is 7.10. The van der Waals surface area contributed by atoms with E-state index < -0.39 is 30.1 Å². The zero-order chi connectivity index (χ0) is 16.0. The molecule has 7 heteroatoms. The summed E-state index contributed by atoms with van der Waals surface area (Å²) in [7, 11) is 0. The van der Waals surface area contributed by atoms with E-state index in [1.807, 2.05) is 0 Å². The number of likely N-dealkylation sites (tertiary alicyclic amines) is 1. The van der Waals surface area contributed by atoms with Crippen molar-refractivity contribution in [3.63, 3.8) is 0 Å². The Hall–Kier alpha value is -1.27. The first-order chi connectivity index (χ1) is 9.49. The van der Waals surface area contributed by atoms with E-state index in [0.29, 0.717) is 12.3 Å². The van der Waals surface area contributed by atoms with Crippen molar-refractivity contribution in [3.8, 4) is 0 Å². The molecule has 3 atom stereocenters. The van der Waals surface area contributed by atoms with E-state index in [2.05, 4.69) is 0 Å². The van der Waals surface area contributed by atoms with Gasteiger partial charge in [-0.2, -0.15) is 13.2 Å². The van der Waals surface area contributed by atoms with Crippen LogP contribution >= 0.6 is 0 Å². The van der Waals surface area contributed by atoms with Crippen LogP contribution in [-0.4, -0.2) is 40.6 Å². The van der Waals surface area contributed by atoms with Crippen LogP contribution in [0.1, 0.15) is 46.5 Å². The van der Waals surface area contributed by atoms with Crippen molar-refractivity contribution in [2.45, 2.75) is 70.3 Å². The minimum absolute atomic E-state index is 0.0462. The number of fused-ring (bicyclic) bond motifs is 1. The lowest BCUT2D eigenvalue weighted by Crippen LogP contribution is -2.42. The lowest BCUT2D eigenvalue weighted by molar-refractivity contribution is -0.171. The summed E-state index contributed by atoms with van der Waals surface area (Å²) in [6.07, 6.45) is -4.27. The molecule has 1 saturated carbocycles. The number of nitrogens with zero attached hydrogens (tertiary/aromatic N) is 1. The fourth-order valence-corrected chi connectivity index (χ4v) is 2.85. The molecule has 1 aliphatic carbocycles. The first-order valence-corrected chi connectivity index (χ1v) is 7.10. The number of carbonyl (C=O) groups excluding carboxylic acids is 2. The summed E-state index contributed by atoms with van der Waals surface area (Å²) in [5, 5.41) is 0. The molecule has 0 unspecified atom stereocenters. The summed E-state index contributed by atoms with van der Waals surface area (Å²) in [4.78, 5) is 24.6. The van der Waals surface area contributed by atoms with Gasteiger partial charge in [-0.15, -0.1) is 0 Å². The molecule has 0 radical (unpaired) electrons. The molecule has 2 aliphatic rings. The maximum Gasteiger partial charge on any atom is 0.449 e. The fourth-order valence-electron chi connectivity index (χ4n) is 2.85. The molecular weight excluding hydrogens is 287 g/mol. The predicted molar refractivity (Wildman–Crippen MR) is 68.7 cm³/mol. The Kier molecular flexibility index (Phi) is 3.97. The maximum atomic E-state index is 12.2. The number of ketones is 1. The summed E-state index contributed by atoms with van der Waals surface area (Å²) in [5.41, 5.74) is -0.642. The van der Waals surface area contributed by atoms with Crippen molar-refractivity contribution in [1.82, 2.24) is 4.90 Å². The number of piperidine rings is 1. The topological polar surface area (TPSA) is 46.6 Å². The van der Waals surface area contributed by atoms with Crippen molar-refractivity contribution in [2.24, 2.45) is 5.92 Å². The number of alkyl halides is 3. The molecular formula is C14H20F3NO3. The number of Topliss-reactive ketones (excluding diaryl/α,β-unsaturated/α-hetero) is 1. The van der Waals surface area contributed by atoms with Crippen molar-refractivity contribution >= 4 is 11.9 Å². The third-order valence-electron chi connectivity index (χ3n) is 3.84. The average Bonchev–Trinajstić information content (AvgIpc) is 2.93. The smallest absolute Gasteiger partial charge is 0.444 e. The molecule has 1 aliphatic heterocycles. The second-order valence-electron chi connectivity index (χ2n) is 6.80. The lowest BCUT2D eigenvalue weighted by Gasteiger charge is -2.30. The summed E-state index contributed by atoms with van der Waals surface area (Å²) in [6, 6.07) is -0.249. The number of halogens is 3. The minimum atomic E-state index is -4.79. The Balaban J connectivity index is 1.94. The van der Waals surface area contributed by atoms with E-state index in [-0.39, 0.29) is 18.5 Å². The minimum Gasteiger partial charge on any atom is -0.444 e. The van der Waals surface area contributed by atoms with Crippen molar-refractivity contribution in [2.75, 3.05) is 0 Å². The molecule has 1 saturated heterocycles. The van der Waals surface area contributed by atoms with Gasteiger partial charge in [0.15, 0.2) is 0 Å². The Labute approximate surface area is 121 Å². The maximum absolute atomic E-state index is 12.2. The summed E-state index contributed by atoms with van der Waals surface area (Å²) in [5.74, 6) is -1.38. The molecule has 0 N–H and O–H groups in total. The Morgan fingerprint density at radius 1 is 1.19 bits per heavy atom. The van der Waals surface area contributed by atoms with Crippen molar-refractivity contribution in [3.05, 3.63) is 0 Å². The SMILES string of the molecule is CC(C)(C)OC(=O)N1[C@H](CCC(=O)C(F)(F)F)C[C@@H]2C[C@@H]21. The van der Waals surface area contributed by atoms with Crippen LogP contribution in [0.5, 0.6) is 0 Å². The highest BCUT2D eigenvalue weighted by Crippen LogP contribution is 2.49. The number of carbonyl (C=O) groups is 2. The first kappa shape index (κ1) is 16.1. The molecule has 2 fully saturated rings. The van der Waals surface area contributed by atoms with Gasteiger partial charge in [-0.3, -0.25) is 4.79 Å². The van der Waals surface area contributed by atoms with Gasteiger partial charge in [-0.25, -0.2) is 4.79 Å². The van der Waals surface area contributed by atoms with Crippen molar-refractivity contribution < 1.29 is 27.5 Å². The van der Waals surface area contributed by atoms with Gasteiger partial charge in [0.1, 0.15) is 5.60 Å². The molecule has 2 rings (SSSR count). The average molecular weight is 307 g/mol. The standard InChI is InChI=1S/C14H20F3NO3/c1-13(2,3)21-12(20)18-9(6-8-7-10(8)18)4-5-11(19)14(15,16)17/h8-10H,4-7H2,1-3H3/t8-,9-,10+/m1/s1. The number of hydrogen-bond acceptors (Lipinski definition) is 3. The van der Waals surface area contributed by atoms with Gasteiger partial charge in [-0.05, 0) is 46.0 Å². The van der Waals surface area contributed by atoms with E-state index in [1.165, 1.54) is 0 Å². The van der Waals surface area contributed by atoms with Crippen LogP contribution in [0.2, 0.25) is 0 Å². The monoisotopic (exact) mass is 307 g/mol. The van der Waals surface area contributed by atoms with E-state index >= 15 is 0 Å². The number of ether oxygens (including phenoxy) is 1. The second-order valence-corrected chi connectivity index (χ2v) is 6.80. The van der Waals surface area contributed by atoms with Crippen LogP contribution in [-0.2, 0) is 9.53 Å². The van der Waals surface area contributed by atoms with Crippen LogP contribution < -0.4 is 0 Å². The van der Waals surface area contributed by atoms with Crippen molar-refractivity contribution in [1.29, 1.82) is 0 Å².